The van der Waals surface area contributed by atoms with Crippen LogP contribution in [0.5, 0.6) is 5.75 Å². The summed E-state index contributed by atoms with van der Waals surface area (Å²) >= 11 is 0. The lowest BCUT2D eigenvalue weighted by atomic mass is 9.84. The van der Waals surface area contributed by atoms with E-state index in [9.17, 15) is 0 Å². The molecule has 21 heavy (non-hydrogen) atoms. The zero-order chi connectivity index (χ0) is 14.8. The Morgan fingerprint density at radius 3 is 2.52 bits per heavy atom. The minimum atomic E-state index is 0.436. The van der Waals surface area contributed by atoms with E-state index in [0.717, 1.165) is 18.2 Å². The highest BCUT2D eigenvalue weighted by Crippen LogP contribution is 2.30. The summed E-state index contributed by atoms with van der Waals surface area (Å²) in [6.07, 6.45) is 8.53. The first kappa shape index (κ1) is 14.9. The van der Waals surface area contributed by atoms with E-state index in [1.807, 2.05) is 0 Å². The molecule has 1 saturated carbocycles. The molecule has 0 bridgehead atoms. The monoisotopic (exact) mass is 288 g/mol. The van der Waals surface area contributed by atoms with Gasteiger partial charge in [-0.15, -0.1) is 0 Å². The number of likely N-dealkylation sites (N-methyl/N-ethyl adjacent to an activating group) is 1. The highest BCUT2D eigenvalue weighted by molar-refractivity contribution is 5.37. The first-order valence-corrected chi connectivity index (χ1v) is 8.30. The van der Waals surface area contributed by atoms with Crippen LogP contribution < -0.4 is 10.5 Å². The zero-order valence-corrected chi connectivity index (χ0v) is 13.3. The molecular formula is C18H28N2O. The number of hydrogen-bond acceptors (Lipinski definition) is 3. The van der Waals surface area contributed by atoms with Crippen LogP contribution in [0.25, 0.3) is 0 Å². The minimum absolute atomic E-state index is 0.436. The van der Waals surface area contributed by atoms with Gasteiger partial charge in [-0.1, -0.05) is 6.07 Å². The smallest absolute Gasteiger partial charge is 0.119 e. The Morgan fingerprint density at radius 2 is 1.81 bits per heavy atom. The maximum Gasteiger partial charge on any atom is 0.119 e. The van der Waals surface area contributed by atoms with Crippen molar-refractivity contribution in [3.63, 3.8) is 0 Å². The summed E-state index contributed by atoms with van der Waals surface area (Å²) < 4.78 is 5.38. The number of aryl methyl sites for hydroxylation is 1. The molecule has 0 amide bonds. The number of hydrogen-bond donors (Lipinski definition) is 1. The third kappa shape index (κ3) is 3.24. The number of ether oxygens (including phenoxy) is 1. The summed E-state index contributed by atoms with van der Waals surface area (Å²) in [4.78, 5) is 2.63. The molecule has 2 aliphatic carbocycles. The molecular weight excluding hydrogens is 260 g/mol. The summed E-state index contributed by atoms with van der Waals surface area (Å²) in [6.45, 7) is 0. The van der Waals surface area contributed by atoms with Gasteiger partial charge in [0.25, 0.3) is 0 Å². The van der Waals surface area contributed by atoms with Gasteiger partial charge in [0.15, 0.2) is 0 Å². The summed E-state index contributed by atoms with van der Waals surface area (Å²) in [6, 6.07) is 8.39. The largest absolute Gasteiger partial charge is 0.497 e. The van der Waals surface area contributed by atoms with Crippen LogP contribution in [-0.4, -0.2) is 37.2 Å². The molecule has 1 aromatic carbocycles. The van der Waals surface area contributed by atoms with Gasteiger partial charge in [0.05, 0.1) is 7.11 Å². The van der Waals surface area contributed by atoms with Crippen molar-refractivity contribution in [2.75, 3.05) is 14.2 Å². The molecule has 3 nitrogen and oxygen atoms in total. The van der Waals surface area contributed by atoms with Gasteiger partial charge in [-0.3, -0.25) is 0 Å². The summed E-state index contributed by atoms with van der Waals surface area (Å²) in [7, 11) is 4.07. The van der Waals surface area contributed by atoms with E-state index < -0.39 is 0 Å². The van der Waals surface area contributed by atoms with Crippen molar-refractivity contribution in [2.24, 2.45) is 5.73 Å². The second-order valence-corrected chi connectivity index (χ2v) is 6.77. The van der Waals surface area contributed by atoms with E-state index in [1.54, 1.807) is 7.11 Å². The van der Waals surface area contributed by atoms with Crippen LogP contribution in [0.4, 0.5) is 0 Å². The molecule has 116 valence electrons. The maximum atomic E-state index is 6.04. The van der Waals surface area contributed by atoms with E-state index in [2.05, 4.69) is 30.1 Å². The fraction of sp³-hybridized carbons (Fsp3) is 0.667. The van der Waals surface area contributed by atoms with Crippen molar-refractivity contribution in [3.8, 4) is 5.75 Å². The van der Waals surface area contributed by atoms with Gasteiger partial charge in [-0.05, 0) is 75.3 Å². The van der Waals surface area contributed by atoms with Crippen molar-refractivity contribution in [2.45, 2.75) is 63.1 Å². The second kappa shape index (κ2) is 6.37. The maximum absolute atomic E-state index is 6.04. The Balaban J connectivity index is 1.67. The lowest BCUT2D eigenvalue weighted by molar-refractivity contribution is 0.122. The number of rotatable bonds is 3. The van der Waals surface area contributed by atoms with E-state index in [-0.39, 0.29) is 0 Å². The molecule has 3 rings (SSSR count). The minimum Gasteiger partial charge on any atom is -0.497 e. The summed E-state index contributed by atoms with van der Waals surface area (Å²) in [5, 5.41) is 0. The third-order valence-electron chi connectivity index (χ3n) is 5.51. The van der Waals surface area contributed by atoms with Crippen LogP contribution in [0.15, 0.2) is 18.2 Å². The number of fused-ring (bicyclic) bond motifs is 1. The molecule has 3 heteroatoms. The molecule has 0 heterocycles. The Kier molecular flexibility index (Phi) is 4.51. The molecule has 0 spiro atoms. The molecule has 0 saturated heterocycles. The Bertz CT molecular complexity index is 480. The normalized spacial score (nSPS) is 29.2. The standard InChI is InChI=1S/C18H28N2O/c1-20(16-8-5-15(19)6-9-16)17-7-3-13-4-10-18(21-2)12-14(13)11-17/h4,10,12,15-17H,3,5-9,11,19H2,1-2H3. The molecule has 0 radical (unpaired) electrons. The molecule has 2 aliphatic rings. The van der Waals surface area contributed by atoms with Gasteiger partial charge in [0, 0.05) is 18.1 Å². The summed E-state index contributed by atoms with van der Waals surface area (Å²) in [5.74, 6) is 0.987. The average Bonchev–Trinajstić information content (AvgIpc) is 2.53. The van der Waals surface area contributed by atoms with Crippen molar-refractivity contribution in [3.05, 3.63) is 29.3 Å². The molecule has 2 N–H and O–H groups in total. The predicted molar refractivity (Wildman–Crippen MR) is 86.8 cm³/mol. The zero-order valence-electron chi connectivity index (χ0n) is 13.3. The molecule has 1 aromatic rings. The highest BCUT2D eigenvalue weighted by Gasteiger charge is 2.29. The van der Waals surface area contributed by atoms with Crippen LogP contribution in [0.3, 0.4) is 0 Å². The number of methoxy groups -OCH3 is 1. The van der Waals surface area contributed by atoms with E-state index in [1.165, 1.54) is 49.7 Å². The van der Waals surface area contributed by atoms with Crippen molar-refractivity contribution in [1.82, 2.24) is 4.90 Å². The predicted octanol–water partition coefficient (Wildman–Crippen LogP) is 2.75. The number of nitrogens with two attached hydrogens (primary N) is 1. The topological polar surface area (TPSA) is 38.5 Å². The van der Waals surface area contributed by atoms with E-state index in [0.29, 0.717) is 12.1 Å². The van der Waals surface area contributed by atoms with Gasteiger partial charge in [0.1, 0.15) is 5.75 Å². The van der Waals surface area contributed by atoms with Crippen LogP contribution in [-0.2, 0) is 12.8 Å². The summed E-state index contributed by atoms with van der Waals surface area (Å²) in [5.41, 5.74) is 9.02. The van der Waals surface area contributed by atoms with Crippen LogP contribution in [0.1, 0.15) is 43.2 Å². The van der Waals surface area contributed by atoms with E-state index >= 15 is 0 Å². The highest BCUT2D eigenvalue weighted by atomic mass is 16.5. The second-order valence-electron chi connectivity index (χ2n) is 6.77. The fourth-order valence-corrected chi connectivity index (χ4v) is 4.00. The quantitative estimate of drug-likeness (QED) is 0.929. The molecule has 1 fully saturated rings. The molecule has 1 atom stereocenters. The first-order valence-electron chi connectivity index (χ1n) is 8.30. The van der Waals surface area contributed by atoms with Gasteiger partial charge in [-0.25, -0.2) is 0 Å². The van der Waals surface area contributed by atoms with Crippen LogP contribution in [0, 0.1) is 0 Å². The molecule has 0 aliphatic heterocycles. The van der Waals surface area contributed by atoms with Gasteiger partial charge < -0.3 is 15.4 Å². The van der Waals surface area contributed by atoms with E-state index in [4.69, 9.17) is 10.5 Å². The molecule has 1 unspecified atom stereocenters. The lowest BCUT2D eigenvalue weighted by Crippen LogP contribution is -2.46. The fourth-order valence-electron chi connectivity index (χ4n) is 4.00. The first-order chi connectivity index (χ1) is 10.2. The van der Waals surface area contributed by atoms with Crippen molar-refractivity contribution >= 4 is 0 Å². The Labute approximate surface area is 128 Å². The number of nitrogens with zero attached hydrogens (tertiary/aromatic N) is 1. The van der Waals surface area contributed by atoms with Gasteiger partial charge in [-0.2, -0.15) is 0 Å². The SMILES string of the molecule is COc1ccc2c(c1)CC(N(C)C1CCC(N)CC1)CC2. The van der Waals surface area contributed by atoms with Gasteiger partial charge in [0.2, 0.25) is 0 Å². The van der Waals surface area contributed by atoms with Crippen molar-refractivity contribution < 1.29 is 4.74 Å². The Morgan fingerprint density at radius 1 is 1.05 bits per heavy atom. The van der Waals surface area contributed by atoms with Gasteiger partial charge >= 0.3 is 0 Å². The Hall–Kier alpha value is -1.06. The lowest BCUT2D eigenvalue weighted by Gasteiger charge is -2.40. The van der Waals surface area contributed by atoms with Crippen LogP contribution in [0.2, 0.25) is 0 Å². The van der Waals surface area contributed by atoms with Crippen molar-refractivity contribution in [1.29, 1.82) is 0 Å². The van der Waals surface area contributed by atoms with Crippen LogP contribution >= 0.6 is 0 Å². The number of benzene rings is 1. The average molecular weight is 288 g/mol. The third-order valence-corrected chi connectivity index (χ3v) is 5.51. The molecule has 0 aromatic heterocycles.